The number of carbonyl (C=O) groups is 2. The Balaban J connectivity index is 0.000000240. The van der Waals surface area contributed by atoms with Crippen LogP contribution in [0.5, 0.6) is 5.75 Å². The van der Waals surface area contributed by atoms with Crippen molar-refractivity contribution in [1.29, 1.82) is 0 Å². The van der Waals surface area contributed by atoms with Crippen LogP contribution in [0.1, 0.15) is 50.8 Å². The molecule has 1 atom stereocenters. The number of nitrogens with one attached hydrogen (secondary N) is 1. The van der Waals surface area contributed by atoms with Gasteiger partial charge in [0.15, 0.2) is 0 Å². The van der Waals surface area contributed by atoms with Crippen molar-refractivity contribution in [1.82, 2.24) is 0 Å². The minimum atomic E-state index is -4.48. The maximum Gasteiger partial charge on any atom is 0.416 e. The van der Waals surface area contributed by atoms with E-state index < -0.39 is 11.7 Å². The van der Waals surface area contributed by atoms with Crippen LogP contribution in [-0.4, -0.2) is 25.0 Å². The van der Waals surface area contributed by atoms with E-state index in [1.165, 1.54) is 17.2 Å². The molecule has 3 rings (SSSR count). The quantitative estimate of drug-likeness (QED) is 0.491. The van der Waals surface area contributed by atoms with Crippen LogP contribution in [0.2, 0.25) is 0 Å². The number of rotatable bonds is 6. The molecule has 0 bridgehead atoms. The molecule has 2 amide bonds. The number of nitrogens with zero attached hydrogens (tertiary/aromatic N) is 1. The predicted octanol–water partition coefficient (Wildman–Crippen LogP) is 6.37. The molecule has 1 heterocycles. The summed E-state index contributed by atoms with van der Waals surface area (Å²) in [5, 5.41) is 2.17. The predicted molar refractivity (Wildman–Crippen MR) is 128 cm³/mol. The Morgan fingerprint density at radius 1 is 1.09 bits per heavy atom. The van der Waals surface area contributed by atoms with Crippen LogP contribution in [0.3, 0.4) is 0 Å². The molecular weight excluding hydrogens is 445 g/mol. The molecule has 0 radical (unpaired) electrons. The second-order valence-corrected chi connectivity index (χ2v) is 9.13. The van der Waals surface area contributed by atoms with Gasteiger partial charge in [-0.15, -0.1) is 0 Å². The molecule has 1 saturated heterocycles. The third-order valence-electron chi connectivity index (χ3n) is 5.64. The van der Waals surface area contributed by atoms with E-state index in [1.54, 1.807) is 13.8 Å². The van der Waals surface area contributed by atoms with Gasteiger partial charge in [0, 0.05) is 30.4 Å². The van der Waals surface area contributed by atoms with Crippen molar-refractivity contribution in [3.63, 3.8) is 0 Å². The largest absolute Gasteiger partial charge is 0.491 e. The van der Waals surface area contributed by atoms with Gasteiger partial charge in [-0.05, 0) is 62.8 Å². The monoisotopic (exact) mass is 478 g/mol. The molecule has 0 aliphatic carbocycles. The van der Waals surface area contributed by atoms with Gasteiger partial charge in [-0.2, -0.15) is 13.2 Å². The fraction of sp³-hybridized carbons (Fsp3) is 0.462. The summed E-state index contributed by atoms with van der Waals surface area (Å²) >= 11 is 0. The van der Waals surface area contributed by atoms with Crippen molar-refractivity contribution in [2.75, 3.05) is 16.8 Å². The van der Waals surface area contributed by atoms with Gasteiger partial charge in [0.2, 0.25) is 12.3 Å². The fourth-order valence-electron chi connectivity index (χ4n) is 3.88. The first-order chi connectivity index (χ1) is 15.8. The topological polar surface area (TPSA) is 58.6 Å². The highest BCUT2D eigenvalue weighted by Crippen LogP contribution is 2.35. The number of hydrogen-bond donors (Lipinski definition) is 1. The van der Waals surface area contributed by atoms with Crippen LogP contribution in [-0.2, 0) is 15.8 Å². The van der Waals surface area contributed by atoms with E-state index in [0.29, 0.717) is 24.7 Å². The normalized spacial score (nSPS) is 15.9. The molecule has 2 aromatic carbocycles. The van der Waals surface area contributed by atoms with E-state index >= 15 is 0 Å². The van der Waals surface area contributed by atoms with Crippen molar-refractivity contribution in [3.8, 4) is 5.75 Å². The number of para-hydroxylation sites is 1. The van der Waals surface area contributed by atoms with Gasteiger partial charge in [0.25, 0.3) is 0 Å². The fourth-order valence-corrected chi connectivity index (χ4v) is 3.88. The highest BCUT2D eigenvalue weighted by atomic mass is 19.4. The Labute approximate surface area is 199 Å². The Morgan fingerprint density at radius 3 is 2.18 bits per heavy atom. The molecule has 1 N–H and O–H groups in total. The Bertz CT molecular complexity index is 983. The van der Waals surface area contributed by atoms with Crippen molar-refractivity contribution in [3.05, 3.63) is 53.1 Å². The third kappa shape index (κ3) is 7.23. The standard InChI is InChI=1S/C15H21NO.C11H12F3NO2/c1-10(2)13-8-14(17)16(9-13)15-11(3)6-5-7-12(15)4;1-7(2)17-10-4-8(11(12,13)14)3-9(5-10)15-6-16/h5-7,10,13H,8-9H2,1-4H3;3-7H,1-2H3,(H,15,16). The Hall–Kier alpha value is -3.03. The number of benzene rings is 2. The average Bonchev–Trinajstić information content (AvgIpc) is 3.09. The van der Waals surface area contributed by atoms with Crippen LogP contribution in [0.15, 0.2) is 36.4 Å². The molecule has 34 heavy (non-hydrogen) atoms. The Kier molecular flexibility index (Phi) is 9.13. The van der Waals surface area contributed by atoms with Crippen molar-refractivity contribution in [2.24, 2.45) is 11.8 Å². The summed E-state index contributed by atoms with van der Waals surface area (Å²) in [6.45, 7) is 12.8. The highest BCUT2D eigenvalue weighted by molar-refractivity contribution is 5.97. The van der Waals surface area contributed by atoms with Gasteiger partial charge >= 0.3 is 6.18 Å². The van der Waals surface area contributed by atoms with Crippen molar-refractivity contribution >= 4 is 23.7 Å². The van der Waals surface area contributed by atoms with Gasteiger partial charge in [-0.3, -0.25) is 9.59 Å². The lowest BCUT2D eigenvalue weighted by atomic mass is 9.95. The lowest BCUT2D eigenvalue weighted by Gasteiger charge is -2.22. The molecule has 1 aliphatic heterocycles. The number of hydrogen-bond acceptors (Lipinski definition) is 3. The number of amides is 2. The van der Waals surface area contributed by atoms with Gasteiger partial charge in [0.05, 0.1) is 11.7 Å². The van der Waals surface area contributed by atoms with Crippen molar-refractivity contribution < 1.29 is 27.5 Å². The summed E-state index contributed by atoms with van der Waals surface area (Å²) in [7, 11) is 0. The summed E-state index contributed by atoms with van der Waals surface area (Å²) in [6.07, 6.45) is -3.71. The molecule has 186 valence electrons. The molecule has 0 aromatic heterocycles. The van der Waals surface area contributed by atoms with E-state index in [-0.39, 0.29) is 23.4 Å². The zero-order valence-corrected chi connectivity index (χ0v) is 20.5. The summed E-state index contributed by atoms with van der Waals surface area (Å²) in [4.78, 5) is 24.3. The number of alkyl halides is 3. The second kappa shape index (κ2) is 11.4. The minimum absolute atomic E-state index is 0.0467. The number of anilines is 2. The first-order valence-corrected chi connectivity index (χ1v) is 11.3. The summed E-state index contributed by atoms with van der Waals surface area (Å²) in [5.41, 5.74) is 2.71. The maximum atomic E-state index is 12.6. The summed E-state index contributed by atoms with van der Waals surface area (Å²) in [5.74, 6) is 1.43. The van der Waals surface area contributed by atoms with E-state index in [4.69, 9.17) is 4.74 Å². The van der Waals surface area contributed by atoms with Gasteiger partial charge in [-0.25, -0.2) is 0 Å². The average molecular weight is 479 g/mol. The number of aryl methyl sites for hydroxylation is 2. The van der Waals surface area contributed by atoms with E-state index in [1.807, 2.05) is 4.90 Å². The maximum absolute atomic E-state index is 12.6. The zero-order chi connectivity index (χ0) is 25.6. The molecule has 1 aliphatic rings. The number of carbonyl (C=O) groups excluding carboxylic acids is 2. The van der Waals surface area contributed by atoms with Crippen molar-refractivity contribution in [2.45, 2.75) is 60.2 Å². The molecular formula is C26H33F3N2O3. The smallest absolute Gasteiger partial charge is 0.416 e. The van der Waals surface area contributed by atoms with Crippen LogP contribution in [0.25, 0.3) is 0 Å². The number of ether oxygens (including phenoxy) is 1. The minimum Gasteiger partial charge on any atom is -0.491 e. The molecule has 2 aromatic rings. The molecule has 1 fully saturated rings. The van der Waals surface area contributed by atoms with Crippen LogP contribution in [0.4, 0.5) is 24.5 Å². The summed E-state index contributed by atoms with van der Waals surface area (Å²) in [6, 6.07) is 9.30. The zero-order valence-electron chi connectivity index (χ0n) is 20.5. The molecule has 0 spiro atoms. The first kappa shape index (κ1) is 27.2. The van der Waals surface area contributed by atoms with Crippen LogP contribution in [0, 0.1) is 25.7 Å². The second-order valence-electron chi connectivity index (χ2n) is 9.13. The lowest BCUT2D eigenvalue weighted by Crippen LogP contribution is -2.26. The SMILES string of the molecule is CC(C)Oc1cc(NC=O)cc(C(F)(F)F)c1.Cc1cccc(C)c1N1CC(C(C)C)CC1=O. The van der Waals surface area contributed by atoms with Crippen LogP contribution < -0.4 is 15.0 Å². The van der Waals surface area contributed by atoms with Gasteiger partial charge in [-0.1, -0.05) is 32.0 Å². The molecule has 8 heteroatoms. The van der Waals surface area contributed by atoms with E-state index in [9.17, 15) is 22.8 Å². The lowest BCUT2D eigenvalue weighted by molar-refractivity contribution is -0.137. The first-order valence-electron chi connectivity index (χ1n) is 11.3. The summed E-state index contributed by atoms with van der Waals surface area (Å²) < 4.78 is 42.8. The molecule has 5 nitrogen and oxygen atoms in total. The van der Waals surface area contributed by atoms with E-state index in [0.717, 1.165) is 24.4 Å². The van der Waals surface area contributed by atoms with Crippen LogP contribution >= 0.6 is 0 Å². The molecule has 0 saturated carbocycles. The van der Waals surface area contributed by atoms with Gasteiger partial charge in [0.1, 0.15) is 5.75 Å². The number of halogens is 3. The molecule has 1 unspecified atom stereocenters. The Morgan fingerprint density at radius 2 is 1.71 bits per heavy atom. The highest BCUT2D eigenvalue weighted by Gasteiger charge is 2.33. The van der Waals surface area contributed by atoms with E-state index in [2.05, 4.69) is 51.2 Å². The third-order valence-corrected chi connectivity index (χ3v) is 5.64. The van der Waals surface area contributed by atoms with Gasteiger partial charge < -0.3 is 15.0 Å².